The SMILES string of the molecule is Cc1ncc(S(=O)(=O)N(C)C(C)(C)CO)[nH]1. The molecule has 7 heteroatoms. The normalized spacial score (nSPS) is 13.4. The van der Waals surface area contributed by atoms with Crippen molar-refractivity contribution in [2.24, 2.45) is 0 Å². The fourth-order valence-corrected chi connectivity index (χ4v) is 2.57. The van der Waals surface area contributed by atoms with E-state index in [1.807, 2.05) is 0 Å². The zero-order chi connectivity index (χ0) is 12.6. The summed E-state index contributed by atoms with van der Waals surface area (Å²) >= 11 is 0. The number of aryl methyl sites for hydroxylation is 1. The summed E-state index contributed by atoms with van der Waals surface area (Å²) in [6.45, 7) is 4.72. The Hall–Kier alpha value is -0.920. The first kappa shape index (κ1) is 13.1. The Kier molecular flexibility index (Phi) is 3.41. The van der Waals surface area contributed by atoms with Crippen molar-refractivity contribution < 1.29 is 13.5 Å². The molecule has 1 heterocycles. The number of H-pyrrole nitrogens is 1. The van der Waals surface area contributed by atoms with Crippen LogP contribution in [0.3, 0.4) is 0 Å². The van der Waals surface area contributed by atoms with Crippen molar-refractivity contribution in [3.05, 3.63) is 12.0 Å². The standard InChI is InChI=1S/C9H17N3O3S/c1-7-10-5-8(11-7)16(14,15)12(4)9(2,3)6-13/h5,13H,6H2,1-4H3,(H,10,11). The van der Waals surface area contributed by atoms with Crippen LogP contribution in [0.25, 0.3) is 0 Å². The highest BCUT2D eigenvalue weighted by atomic mass is 32.2. The number of likely N-dealkylation sites (N-methyl/N-ethyl adjacent to an activating group) is 1. The molecule has 0 bridgehead atoms. The number of hydrogen-bond acceptors (Lipinski definition) is 4. The van der Waals surface area contributed by atoms with Gasteiger partial charge in [-0.3, -0.25) is 0 Å². The highest BCUT2D eigenvalue weighted by molar-refractivity contribution is 7.89. The number of aliphatic hydroxyl groups is 1. The van der Waals surface area contributed by atoms with Crippen LogP contribution in [0.5, 0.6) is 0 Å². The summed E-state index contributed by atoms with van der Waals surface area (Å²) in [6, 6.07) is 0. The zero-order valence-corrected chi connectivity index (χ0v) is 10.7. The Bertz CT molecular complexity index is 464. The molecule has 16 heavy (non-hydrogen) atoms. The Morgan fingerprint density at radius 1 is 1.56 bits per heavy atom. The van der Waals surface area contributed by atoms with Gasteiger partial charge in [-0.2, -0.15) is 4.31 Å². The molecule has 2 N–H and O–H groups in total. The molecular weight excluding hydrogens is 230 g/mol. The van der Waals surface area contributed by atoms with E-state index in [2.05, 4.69) is 9.97 Å². The number of imidazole rings is 1. The monoisotopic (exact) mass is 247 g/mol. The molecule has 0 aliphatic carbocycles. The fourth-order valence-electron chi connectivity index (χ4n) is 1.10. The van der Waals surface area contributed by atoms with Gasteiger partial charge in [-0.25, -0.2) is 13.4 Å². The minimum atomic E-state index is -3.63. The molecule has 0 amide bonds. The second kappa shape index (κ2) is 4.15. The number of aromatic nitrogens is 2. The molecule has 0 saturated heterocycles. The van der Waals surface area contributed by atoms with E-state index in [0.29, 0.717) is 5.82 Å². The van der Waals surface area contributed by atoms with Gasteiger partial charge in [0.05, 0.1) is 18.3 Å². The first-order valence-electron chi connectivity index (χ1n) is 4.83. The Labute approximate surface area is 95.4 Å². The van der Waals surface area contributed by atoms with Gasteiger partial charge in [-0.15, -0.1) is 0 Å². The van der Waals surface area contributed by atoms with Crippen LogP contribution in [0.1, 0.15) is 19.7 Å². The summed E-state index contributed by atoms with van der Waals surface area (Å²) in [5.41, 5.74) is -0.849. The summed E-state index contributed by atoms with van der Waals surface area (Å²) in [6.07, 6.45) is 1.27. The first-order chi connectivity index (χ1) is 7.21. The topological polar surface area (TPSA) is 86.3 Å². The molecular formula is C9H17N3O3S. The van der Waals surface area contributed by atoms with Gasteiger partial charge in [0.25, 0.3) is 10.0 Å². The number of nitrogens with zero attached hydrogens (tertiary/aromatic N) is 2. The molecule has 0 aliphatic rings. The summed E-state index contributed by atoms with van der Waals surface area (Å²) in [7, 11) is -2.20. The molecule has 0 spiro atoms. The molecule has 0 aromatic carbocycles. The van der Waals surface area contributed by atoms with Gasteiger partial charge in [0, 0.05) is 7.05 Å². The summed E-state index contributed by atoms with van der Waals surface area (Å²) in [4.78, 5) is 6.52. The maximum atomic E-state index is 12.1. The zero-order valence-electron chi connectivity index (χ0n) is 9.85. The quantitative estimate of drug-likeness (QED) is 0.790. The van der Waals surface area contributed by atoms with Crippen LogP contribution in [-0.2, 0) is 10.0 Å². The molecule has 92 valence electrons. The fraction of sp³-hybridized carbons (Fsp3) is 0.667. The highest BCUT2D eigenvalue weighted by Crippen LogP contribution is 2.20. The molecule has 6 nitrogen and oxygen atoms in total. The average molecular weight is 247 g/mol. The molecule has 1 aromatic rings. The number of rotatable bonds is 4. The smallest absolute Gasteiger partial charge is 0.260 e. The maximum Gasteiger partial charge on any atom is 0.260 e. The third-order valence-electron chi connectivity index (χ3n) is 2.56. The molecule has 1 rings (SSSR count). The van der Waals surface area contributed by atoms with E-state index in [0.717, 1.165) is 4.31 Å². The van der Waals surface area contributed by atoms with Crippen molar-refractivity contribution in [2.75, 3.05) is 13.7 Å². The summed E-state index contributed by atoms with van der Waals surface area (Å²) < 4.78 is 25.3. The van der Waals surface area contributed by atoms with E-state index in [4.69, 9.17) is 5.11 Å². The van der Waals surface area contributed by atoms with Gasteiger partial charge in [0.1, 0.15) is 5.82 Å². The van der Waals surface area contributed by atoms with Crippen molar-refractivity contribution in [3.8, 4) is 0 Å². The largest absolute Gasteiger partial charge is 0.394 e. The van der Waals surface area contributed by atoms with Crippen LogP contribution in [0.4, 0.5) is 0 Å². The number of aromatic amines is 1. The van der Waals surface area contributed by atoms with Crippen molar-refractivity contribution in [1.82, 2.24) is 14.3 Å². The Balaban J connectivity index is 3.13. The van der Waals surface area contributed by atoms with E-state index in [1.54, 1.807) is 20.8 Å². The van der Waals surface area contributed by atoms with Crippen LogP contribution in [-0.4, -0.2) is 47.0 Å². The summed E-state index contributed by atoms with van der Waals surface area (Å²) in [5.74, 6) is 0.536. The minimum Gasteiger partial charge on any atom is -0.394 e. The van der Waals surface area contributed by atoms with E-state index in [1.165, 1.54) is 13.2 Å². The van der Waals surface area contributed by atoms with Crippen molar-refractivity contribution >= 4 is 10.0 Å². The van der Waals surface area contributed by atoms with Gasteiger partial charge in [0.2, 0.25) is 0 Å². The summed E-state index contributed by atoms with van der Waals surface area (Å²) in [5, 5.41) is 9.18. The minimum absolute atomic E-state index is 0.0361. The van der Waals surface area contributed by atoms with E-state index in [9.17, 15) is 8.42 Å². The lowest BCUT2D eigenvalue weighted by Gasteiger charge is -2.32. The van der Waals surface area contributed by atoms with Gasteiger partial charge < -0.3 is 10.1 Å². The second-order valence-corrected chi connectivity index (χ2v) is 6.21. The van der Waals surface area contributed by atoms with Crippen molar-refractivity contribution in [3.63, 3.8) is 0 Å². The highest BCUT2D eigenvalue weighted by Gasteiger charge is 2.34. The predicted octanol–water partition coefficient (Wildman–Crippen LogP) is 0.110. The lowest BCUT2D eigenvalue weighted by atomic mass is 10.1. The molecule has 0 unspecified atom stereocenters. The van der Waals surface area contributed by atoms with Gasteiger partial charge >= 0.3 is 0 Å². The van der Waals surface area contributed by atoms with Gasteiger partial charge in [-0.1, -0.05) is 0 Å². The molecule has 0 fully saturated rings. The maximum absolute atomic E-state index is 12.1. The lowest BCUT2D eigenvalue weighted by Crippen LogP contribution is -2.47. The van der Waals surface area contributed by atoms with E-state index >= 15 is 0 Å². The first-order valence-corrected chi connectivity index (χ1v) is 6.27. The average Bonchev–Trinajstić information content (AvgIpc) is 2.64. The third-order valence-corrected chi connectivity index (χ3v) is 4.54. The van der Waals surface area contributed by atoms with Crippen LogP contribution >= 0.6 is 0 Å². The van der Waals surface area contributed by atoms with Crippen molar-refractivity contribution in [2.45, 2.75) is 31.3 Å². The van der Waals surface area contributed by atoms with E-state index in [-0.39, 0.29) is 11.6 Å². The third kappa shape index (κ3) is 2.26. The molecule has 0 saturated carbocycles. The van der Waals surface area contributed by atoms with Crippen molar-refractivity contribution in [1.29, 1.82) is 0 Å². The van der Waals surface area contributed by atoms with E-state index < -0.39 is 15.6 Å². The number of sulfonamides is 1. The molecule has 0 atom stereocenters. The van der Waals surface area contributed by atoms with Gasteiger partial charge in [-0.05, 0) is 20.8 Å². The van der Waals surface area contributed by atoms with Gasteiger partial charge in [0.15, 0.2) is 5.03 Å². The lowest BCUT2D eigenvalue weighted by molar-refractivity contribution is 0.137. The number of nitrogens with one attached hydrogen (secondary N) is 1. The number of aliphatic hydroxyl groups excluding tert-OH is 1. The molecule has 0 radical (unpaired) electrons. The Morgan fingerprint density at radius 3 is 2.50 bits per heavy atom. The number of hydrogen-bond donors (Lipinski definition) is 2. The second-order valence-electron chi connectivity index (χ2n) is 4.28. The molecule has 0 aliphatic heterocycles. The van der Waals surface area contributed by atoms with Crippen LogP contribution in [0.15, 0.2) is 11.2 Å². The van der Waals surface area contributed by atoms with Crippen LogP contribution < -0.4 is 0 Å². The van der Waals surface area contributed by atoms with Crippen LogP contribution in [0, 0.1) is 6.92 Å². The molecule has 1 aromatic heterocycles. The predicted molar refractivity (Wildman–Crippen MR) is 59.4 cm³/mol. The Morgan fingerprint density at radius 2 is 2.12 bits per heavy atom. The van der Waals surface area contributed by atoms with Crippen LogP contribution in [0.2, 0.25) is 0 Å².